The van der Waals surface area contributed by atoms with E-state index in [0.717, 1.165) is 16.5 Å². The molecular formula is C14H16N2O2. The largest absolute Gasteiger partial charge is 0.491 e. The number of nitrogens with two attached hydrogens (primary N) is 1. The lowest BCUT2D eigenvalue weighted by molar-refractivity contribution is -0.119. The molecule has 0 spiro atoms. The highest BCUT2D eigenvalue weighted by Gasteiger charge is 2.01. The number of hydrogen-bond donors (Lipinski definition) is 2. The van der Waals surface area contributed by atoms with E-state index in [9.17, 15) is 4.79 Å². The number of carbonyl (C=O) groups excluding carboxylic acids is 1. The van der Waals surface area contributed by atoms with Gasteiger partial charge in [0.25, 0.3) is 0 Å². The Morgan fingerprint density at radius 3 is 2.78 bits per heavy atom. The van der Waals surface area contributed by atoms with E-state index in [-0.39, 0.29) is 12.5 Å². The van der Waals surface area contributed by atoms with Crippen LogP contribution in [0.3, 0.4) is 0 Å². The molecule has 0 radical (unpaired) electrons. The lowest BCUT2D eigenvalue weighted by atomic mass is 10.1. The summed E-state index contributed by atoms with van der Waals surface area (Å²) in [5.41, 5.74) is 5.19. The molecule has 0 aliphatic heterocycles. The van der Waals surface area contributed by atoms with E-state index in [1.807, 2.05) is 42.5 Å². The fourth-order valence-electron chi connectivity index (χ4n) is 1.75. The van der Waals surface area contributed by atoms with Crippen molar-refractivity contribution >= 4 is 16.7 Å². The van der Waals surface area contributed by atoms with Crippen LogP contribution in [0.4, 0.5) is 0 Å². The van der Waals surface area contributed by atoms with Crippen LogP contribution in [0.15, 0.2) is 42.5 Å². The van der Waals surface area contributed by atoms with Gasteiger partial charge in [0.05, 0.1) is 13.1 Å². The summed E-state index contributed by atoms with van der Waals surface area (Å²) in [5, 5.41) is 4.88. The molecule has 0 aliphatic rings. The van der Waals surface area contributed by atoms with Gasteiger partial charge in [0, 0.05) is 5.39 Å². The summed E-state index contributed by atoms with van der Waals surface area (Å²) in [5.74, 6) is 0.659. The van der Waals surface area contributed by atoms with Gasteiger partial charge in [0.1, 0.15) is 12.4 Å². The molecule has 3 N–H and O–H groups in total. The molecule has 0 fully saturated rings. The molecule has 4 heteroatoms. The van der Waals surface area contributed by atoms with Crippen molar-refractivity contribution in [1.82, 2.24) is 5.32 Å². The summed E-state index contributed by atoms with van der Waals surface area (Å²) in [6.45, 7) is 0.896. The number of ether oxygens (including phenoxy) is 1. The van der Waals surface area contributed by atoms with Crippen LogP contribution in [-0.2, 0) is 4.79 Å². The third-order valence-electron chi connectivity index (χ3n) is 2.62. The molecule has 0 heterocycles. The second-order valence-electron chi connectivity index (χ2n) is 3.88. The highest BCUT2D eigenvalue weighted by molar-refractivity contribution is 5.88. The average molecular weight is 244 g/mol. The van der Waals surface area contributed by atoms with Gasteiger partial charge in [-0.05, 0) is 11.5 Å². The number of benzene rings is 2. The fourth-order valence-corrected chi connectivity index (χ4v) is 1.75. The summed E-state index contributed by atoms with van der Waals surface area (Å²) in [4.78, 5) is 10.9. The van der Waals surface area contributed by atoms with Gasteiger partial charge in [0.15, 0.2) is 0 Å². The Morgan fingerprint density at radius 2 is 1.94 bits per heavy atom. The number of rotatable bonds is 5. The van der Waals surface area contributed by atoms with Gasteiger partial charge in [-0.3, -0.25) is 4.79 Å². The van der Waals surface area contributed by atoms with Crippen LogP contribution >= 0.6 is 0 Å². The first-order chi connectivity index (χ1) is 8.81. The summed E-state index contributed by atoms with van der Waals surface area (Å²) >= 11 is 0. The third-order valence-corrected chi connectivity index (χ3v) is 2.62. The van der Waals surface area contributed by atoms with Gasteiger partial charge in [-0.2, -0.15) is 0 Å². The van der Waals surface area contributed by atoms with Gasteiger partial charge in [-0.25, -0.2) is 0 Å². The minimum atomic E-state index is -0.170. The van der Waals surface area contributed by atoms with Crippen LogP contribution in [0.5, 0.6) is 5.75 Å². The highest BCUT2D eigenvalue weighted by Crippen LogP contribution is 2.24. The monoisotopic (exact) mass is 244 g/mol. The Morgan fingerprint density at radius 1 is 1.17 bits per heavy atom. The normalized spacial score (nSPS) is 10.3. The lowest BCUT2D eigenvalue weighted by Crippen LogP contribution is -2.33. The van der Waals surface area contributed by atoms with Crippen LogP contribution in [-0.4, -0.2) is 25.6 Å². The van der Waals surface area contributed by atoms with Gasteiger partial charge in [0.2, 0.25) is 5.91 Å². The maximum atomic E-state index is 10.9. The smallest absolute Gasteiger partial charge is 0.233 e. The maximum absolute atomic E-state index is 10.9. The van der Waals surface area contributed by atoms with Crippen molar-refractivity contribution in [3.63, 3.8) is 0 Å². The third kappa shape index (κ3) is 2.99. The maximum Gasteiger partial charge on any atom is 0.233 e. The Balaban J connectivity index is 1.97. The number of fused-ring (bicyclic) bond motifs is 1. The molecule has 1 amide bonds. The topological polar surface area (TPSA) is 64.4 Å². The van der Waals surface area contributed by atoms with E-state index in [4.69, 9.17) is 10.5 Å². The van der Waals surface area contributed by atoms with Gasteiger partial charge >= 0.3 is 0 Å². The van der Waals surface area contributed by atoms with Crippen LogP contribution in [0, 0.1) is 0 Å². The first-order valence-corrected chi connectivity index (χ1v) is 5.88. The molecule has 0 unspecified atom stereocenters. The summed E-state index contributed by atoms with van der Waals surface area (Å²) in [7, 11) is 0. The predicted molar refractivity (Wildman–Crippen MR) is 71.5 cm³/mol. The van der Waals surface area contributed by atoms with E-state index in [1.54, 1.807) is 0 Å². The first-order valence-electron chi connectivity index (χ1n) is 5.88. The predicted octanol–water partition coefficient (Wildman–Crippen LogP) is 1.29. The minimum Gasteiger partial charge on any atom is -0.491 e. The number of hydrogen-bond acceptors (Lipinski definition) is 3. The summed E-state index contributed by atoms with van der Waals surface area (Å²) in [6.07, 6.45) is 0. The van der Waals surface area contributed by atoms with E-state index in [1.165, 1.54) is 0 Å². The fraction of sp³-hybridized carbons (Fsp3) is 0.214. The SMILES string of the molecule is NCC(=O)NCCOc1cccc2ccccc12. The van der Waals surface area contributed by atoms with E-state index in [0.29, 0.717) is 13.2 Å². The van der Waals surface area contributed by atoms with E-state index >= 15 is 0 Å². The standard InChI is InChI=1S/C14H16N2O2/c15-10-14(17)16-8-9-18-13-7-3-5-11-4-1-2-6-12(11)13/h1-7H,8-10,15H2,(H,16,17). The van der Waals surface area contributed by atoms with Crippen LogP contribution in [0.1, 0.15) is 0 Å². The molecule has 94 valence electrons. The van der Waals surface area contributed by atoms with Crippen LogP contribution in [0.25, 0.3) is 10.8 Å². The molecule has 0 bridgehead atoms. The van der Waals surface area contributed by atoms with Crippen molar-refractivity contribution in [3.8, 4) is 5.75 Å². The quantitative estimate of drug-likeness (QED) is 0.779. The van der Waals surface area contributed by atoms with Crippen molar-refractivity contribution in [3.05, 3.63) is 42.5 Å². The Labute approximate surface area is 106 Å². The molecule has 4 nitrogen and oxygen atoms in total. The second kappa shape index (κ2) is 6.02. The van der Waals surface area contributed by atoms with Crippen molar-refractivity contribution in [1.29, 1.82) is 0 Å². The van der Waals surface area contributed by atoms with Crippen LogP contribution < -0.4 is 15.8 Å². The Kier molecular flexibility index (Phi) is 4.15. The van der Waals surface area contributed by atoms with Crippen molar-refractivity contribution < 1.29 is 9.53 Å². The molecule has 18 heavy (non-hydrogen) atoms. The molecular weight excluding hydrogens is 228 g/mol. The van der Waals surface area contributed by atoms with Gasteiger partial charge < -0.3 is 15.8 Å². The van der Waals surface area contributed by atoms with E-state index in [2.05, 4.69) is 5.32 Å². The van der Waals surface area contributed by atoms with Crippen LogP contribution in [0.2, 0.25) is 0 Å². The molecule has 0 aromatic heterocycles. The number of carbonyl (C=O) groups is 1. The van der Waals surface area contributed by atoms with E-state index < -0.39 is 0 Å². The lowest BCUT2D eigenvalue weighted by Gasteiger charge is -2.09. The average Bonchev–Trinajstić information content (AvgIpc) is 2.43. The molecule has 0 saturated heterocycles. The molecule has 0 atom stereocenters. The summed E-state index contributed by atoms with van der Waals surface area (Å²) < 4.78 is 5.66. The molecule has 0 saturated carbocycles. The second-order valence-corrected chi connectivity index (χ2v) is 3.88. The molecule has 2 aromatic carbocycles. The van der Waals surface area contributed by atoms with Crippen molar-refractivity contribution in [2.75, 3.05) is 19.7 Å². The molecule has 0 aliphatic carbocycles. The van der Waals surface area contributed by atoms with Gasteiger partial charge in [-0.1, -0.05) is 36.4 Å². The first kappa shape index (κ1) is 12.4. The van der Waals surface area contributed by atoms with Crippen molar-refractivity contribution in [2.45, 2.75) is 0 Å². The zero-order chi connectivity index (χ0) is 12.8. The Hall–Kier alpha value is -2.07. The number of nitrogens with one attached hydrogen (secondary N) is 1. The minimum absolute atomic E-state index is 0.00820. The van der Waals surface area contributed by atoms with Gasteiger partial charge in [-0.15, -0.1) is 0 Å². The highest BCUT2D eigenvalue weighted by atomic mass is 16.5. The Bertz CT molecular complexity index is 535. The molecule has 2 aromatic rings. The number of amides is 1. The zero-order valence-electron chi connectivity index (χ0n) is 10.1. The van der Waals surface area contributed by atoms with Crippen molar-refractivity contribution in [2.24, 2.45) is 5.73 Å². The molecule has 2 rings (SSSR count). The summed E-state index contributed by atoms with van der Waals surface area (Å²) in [6, 6.07) is 13.9. The zero-order valence-corrected chi connectivity index (χ0v) is 10.1.